The third-order valence-electron chi connectivity index (χ3n) is 3.81. The predicted molar refractivity (Wildman–Crippen MR) is 97.6 cm³/mol. The quantitative estimate of drug-likeness (QED) is 0.832. The number of nitrogens with one attached hydrogen (secondary N) is 1. The average molecular weight is 382 g/mol. The third-order valence-corrected chi connectivity index (χ3v) is 4.99. The maximum atomic E-state index is 13.3. The van der Waals surface area contributed by atoms with Crippen molar-refractivity contribution in [2.75, 3.05) is 15.9 Å². The molecule has 1 amide bonds. The van der Waals surface area contributed by atoms with Gasteiger partial charge in [0, 0.05) is 11.8 Å². The lowest BCUT2D eigenvalue weighted by molar-refractivity contribution is -0.117. The highest BCUT2D eigenvalue weighted by Gasteiger charge is 2.31. The summed E-state index contributed by atoms with van der Waals surface area (Å²) in [5.41, 5.74) is 1.34. The number of amides is 1. The molecule has 0 aliphatic heterocycles. The first kappa shape index (κ1) is 19.8. The van der Waals surface area contributed by atoms with Crippen LogP contribution in [0.3, 0.4) is 0 Å². The number of hydrogen-bond donors (Lipinski definition) is 1. The van der Waals surface area contributed by atoms with Crippen LogP contribution >= 0.6 is 0 Å². The first-order valence-electron chi connectivity index (χ1n) is 7.95. The molecule has 0 aliphatic rings. The molecule has 0 saturated carbocycles. The molecule has 0 aliphatic carbocycles. The van der Waals surface area contributed by atoms with Crippen LogP contribution in [-0.2, 0) is 14.8 Å². The molecule has 2 rings (SSSR count). The number of hydrogen-bond acceptors (Lipinski definition) is 3. The molecule has 5 nitrogen and oxygen atoms in total. The lowest BCUT2D eigenvalue weighted by Crippen LogP contribution is -2.47. The molecule has 2 aromatic carbocycles. The molecule has 0 fully saturated rings. The van der Waals surface area contributed by atoms with Crippen molar-refractivity contribution < 1.29 is 22.0 Å². The second kappa shape index (κ2) is 7.82. The molecule has 0 heterocycles. The van der Waals surface area contributed by atoms with Crippen molar-refractivity contribution in [1.29, 1.82) is 0 Å². The fourth-order valence-electron chi connectivity index (χ4n) is 2.55. The van der Waals surface area contributed by atoms with Gasteiger partial charge in [-0.05, 0) is 37.6 Å². The van der Waals surface area contributed by atoms with Gasteiger partial charge in [-0.1, -0.05) is 24.6 Å². The van der Waals surface area contributed by atoms with Crippen molar-refractivity contribution in [1.82, 2.24) is 0 Å². The van der Waals surface area contributed by atoms with Gasteiger partial charge in [0.1, 0.15) is 6.04 Å². The summed E-state index contributed by atoms with van der Waals surface area (Å²) in [7, 11) is -3.76. The molecular weight excluding hydrogens is 362 g/mol. The largest absolute Gasteiger partial charge is 0.324 e. The van der Waals surface area contributed by atoms with E-state index in [0.717, 1.165) is 28.3 Å². The summed E-state index contributed by atoms with van der Waals surface area (Å²) in [4.78, 5) is 12.6. The van der Waals surface area contributed by atoms with E-state index in [4.69, 9.17) is 0 Å². The Morgan fingerprint density at radius 1 is 1.12 bits per heavy atom. The zero-order chi connectivity index (χ0) is 19.5. The van der Waals surface area contributed by atoms with Crippen LogP contribution < -0.4 is 9.62 Å². The molecule has 0 bridgehead atoms. The molecular formula is C18H20F2N2O3S. The fraction of sp³-hybridized carbons (Fsp3) is 0.278. The van der Waals surface area contributed by atoms with Crippen LogP contribution in [0.25, 0.3) is 0 Å². The molecule has 2 aromatic rings. The van der Waals surface area contributed by atoms with Crippen molar-refractivity contribution in [3.8, 4) is 0 Å². The van der Waals surface area contributed by atoms with Gasteiger partial charge in [0.25, 0.3) is 0 Å². The standard InChI is InChI=1S/C18H20F2N2O3S/c1-4-17(18(23)21-13-7-10-15(19)16(20)11-13)22(26(3,24)25)14-8-5-12(2)6-9-14/h5-11,17H,4H2,1-3H3,(H,21,23). The van der Waals surface area contributed by atoms with Gasteiger partial charge in [-0.25, -0.2) is 17.2 Å². The molecule has 0 radical (unpaired) electrons. The van der Waals surface area contributed by atoms with Gasteiger partial charge in [0.15, 0.2) is 11.6 Å². The number of nitrogens with zero attached hydrogens (tertiary/aromatic N) is 1. The van der Waals surface area contributed by atoms with E-state index in [0.29, 0.717) is 5.69 Å². The zero-order valence-corrected chi connectivity index (χ0v) is 15.5. The van der Waals surface area contributed by atoms with Gasteiger partial charge in [-0.15, -0.1) is 0 Å². The number of aryl methyl sites for hydroxylation is 1. The van der Waals surface area contributed by atoms with E-state index in [1.54, 1.807) is 31.2 Å². The summed E-state index contributed by atoms with van der Waals surface area (Å²) >= 11 is 0. The minimum atomic E-state index is -3.76. The van der Waals surface area contributed by atoms with Gasteiger partial charge in [-0.2, -0.15) is 0 Å². The van der Waals surface area contributed by atoms with E-state index in [2.05, 4.69) is 5.32 Å². The normalized spacial score (nSPS) is 12.5. The van der Waals surface area contributed by atoms with Gasteiger partial charge < -0.3 is 5.32 Å². The van der Waals surface area contributed by atoms with Crippen LogP contribution in [0.1, 0.15) is 18.9 Å². The Morgan fingerprint density at radius 2 is 1.73 bits per heavy atom. The molecule has 26 heavy (non-hydrogen) atoms. The van der Waals surface area contributed by atoms with E-state index in [1.165, 1.54) is 6.07 Å². The van der Waals surface area contributed by atoms with Gasteiger partial charge in [0.2, 0.25) is 15.9 Å². The predicted octanol–water partition coefficient (Wildman–Crippen LogP) is 3.46. The highest BCUT2D eigenvalue weighted by molar-refractivity contribution is 7.92. The third kappa shape index (κ3) is 4.57. The van der Waals surface area contributed by atoms with E-state index < -0.39 is 33.6 Å². The van der Waals surface area contributed by atoms with Crippen molar-refractivity contribution >= 4 is 27.3 Å². The van der Waals surface area contributed by atoms with Crippen LogP contribution in [0.15, 0.2) is 42.5 Å². The van der Waals surface area contributed by atoms with Crippen LogP contribution in [0.4, 0.5) is 20.2 Å². The lowest BCUT2D eigenvalue weighted by Gasteiger charge is -2.30. The zero-order valence-electron chi connectivity index (χ0n) is 14.7. The first-order chi connectivity index (χ1) is 12.1. The van der Waals surface area contributed by atoms with Crippen LogP contribution in [0, 0.1) is 18.6 Å². The van der Waals surface area contributed by atoms with Crippen molar-refractivity contribution in [2.45, 2.75) is 26.3 Å². The maximum Gasteiger partial charge on any atom is 0.248 e. The maximum absolute atomic E-state index is 13.3. The average Bonchev–Trinajstić information content (AvgIpc) is 2.56. The molecule has 1 N–H and O–H groups in total. The Kier molecular flexibility index (Phi) is 5.97. The minimum absolute atomic E-state index is 0.0460. The Bertz CT molecular complexity index is 899. The van der Waals surface area contributed by atoms with Crippen LogP contribution in [0.5, 0.6) is 0 Å². The highest BCUT2D eigenvalue weighted by Crippen LogP contribution is 2.24. The summed E-state index contributed by atoms with van der Waals surface area (Å²) in [6.07, 6.45) is 1.21. The summed E-state index contributed by atoms with van der Waals surface area (Å²) in [5, 5.41) is 2.44. The van der Waals surface area contributed by atoms with E-state index in [9.17, 15) is 22.0 Å². The minimum Gasteiger partial charge on any atom is -0.324 e. The van der Waals surface area contributed by atoms with Crippen molar-refractivity contribution in [3.05, 3.63) is 59.7 Å². The van der Waals surface area contributed by atoms with Crippen LogP contribution in [-0.4, -0.2) is 26.6 Å². The van der Waals surface area contributed by atoms with E-state index in [1.807, 2.05) is 6.92 Å². The number of rotatable bonds is 6. The topological polar surface area (TPSA) is 66.5 Å². The van der Waals surface area contributed by atoms with Crippen molar-refractivity contribution in [2.24, 2.45) is 0 Å². The molecule has 1 atom stereocenters. The van der Waals surface area contributed by atoms with E-state index >= 15 is 0 Å². The number of anilines is 2. The molecule has 140 valence electrons. The second-order valence-electron chi connectivity index (χ2n) is 5.94. The number of carbonyl (C=O) groups is 1. The highest BCUT2D eigenvalue weighted by atomic mass is 32.2. The SMILES string of the molecule is CCC(C(=O)Nc1ccc(F)c(F)c1)N(c1ccc(C)cc1)S(C)(=O)=O. The molecule has 1 unspecified atom stereocenters. The van der Waals surface area contributed by atoms with Gasteiger partial charge in [0.05, 0.1) is 11.9 Å². The van der Waals surface area contributed by atoms with E-state index in [-0.39, 0.29) is 12.1 Å². The second-order valence-corrected chi connectivity index (χ2v) is 7.80. The summed E-state index contributed by atoms with van der Waals surface area (Å²) in [6, 6.07) is 8.62. The summed E-state index contributed by atoms with van der Waals surface area (Å²) < 4.78 is 52.0. The summed E-state index contributed by atoms with van der Waals surface area (Å²) in [5.74, 6) is -2.77. The summed E-state index contributed by atoms with van der Waals surface area (Å²) in [6.45, 7) is 3.53. The Balaban J connectivity index is 2.36. The number of sulfonamides is 1. The first-order valence-corrected chi connectivity index (χ1v) is 9.80. The molecule has 8 heteroatoms. The lowest BCUT2D eigenvalue weighted by atomic mass is 10.1. The number of carbonyl (C=O) groups excluding carboxylic acids is 1. The Morgan fingerprint density at radius 3 is 2.23 bits per heavy atom. The monoisotopic (exact) mass is 382 g/mol. The smallest absolute Gasteiger partial charge is 0.248 e. The molecule has 0 aromatic heterocycles. The molecule has 0 spiro atoms. The number of benzene rings is 2. The van der Waals surface area contributed by atoms with Crippen LogP contribution in [0.2, 0.25) is 0 Å². The number of halogens is 2. The molecule has 0 saturated heterocycles. The fourth-order valence-corrected chi connectivity index (χ4v) is 3.76. The van der Waals surface area contributed by atoms with Crippen molar-refractivity contribution in [3.63, 3.8) is 0 Å². The Hall–Kier alpha value is -2.48. The Labute approximate surface area is 151 Å². The van der Waals surface area contributed by atoms with Gasteiger partial charge >= 0.3 is 0 Å². The van der Waals surface area contributed by atoms with Gasteiger partial charge in [-0.3, -0.25) is 9.10 Å².